The monoisotopic (exact) mass is 439 g/mol. The number of carbonyl (C=O) groups is 3. The van der Waals surface area contributed by atoms with Crippen LogP contribution >= 0.6 is 0 Å². The van der Waals surface area contributed by atoms with Gasteiger partial charge in [0.15, 0.2) is 11.5 Å². The first-order valence-electron chi connectivity index (χ1n) is 10.4. The van der Waals surface area contributed by atoms with E-state index in [1.165, 1.54) is 4.90 Å². The Morgan fingerprint density at radius 3 is 2.66 bits per heavy atom. The second-order valence-electron chi connectivity index (χ2n) is 7.59. The summed E-state index contributed by atoms with van der Waals surface area (Å²) in [4.78, 5) is 38.3. The van der Waals surface area contributed by atoms with Crippen LogP contribution < -0.4 is 24.8 Å². The predicted molar refractivity (Wildman–Crippen MR) is 114 cm³/mol. The number of hydrogen-bond donors (Lipinski definition) is 2. The molecule has 1 atom stereocenters. The van der Waals surface area contributed by atoms with Crippen molar-refractivity contribution < 1.29 is 28.6 Å². The fourth-order valence-electron chi connectivity index (χ4n) is 3.63. The van der Waals surface area contributed by atoms with Gasteiger partial charge in [0.2, 0.25) is 12.7 Å². The van der Waals surface area contributed by atoms with E-state index in [1.54, 1.807) is 13.2 Å². The molecule has 168 valence electrons. The average molecular weight is 439 g/mol. The zero-order valence-electron chi connectivity index (χ0n) is 17.8. The highest BCUT2D eigenvalue weighted by Crippen LogP contribution is 2.32. The Balaban J connectivity index is 1.21. The number of nitrogens with one attached hydrogen (secondary N) is 2. The number of rotatable bonds is 9. The number of imide groups is 1. The molecule has 4 rings (SSSR count). The Morgan fingerprint density at radius 1 is 1.12 bits per heavy atom. The number of urea groups is 1. The van der Waals surface area contributed by atoms with E-state index >= 15 is 0 Å². The zero-order chi connectivity index (χ0) is 22.5. The Hall–Kier alpha value is -3.75. The van der Waals surface area contributed by atoms with Crippen molar-refractivity contribution in [2.24, 2.45) is 0 Å². The van der Waals surface area contributed by atoms with Crippen LogP contribution in [0.2, 0.25) is 0 Å². The lowest BCUT2D eigenvalue weighted by atomic mass is 10.1. The van der Waals surface area contributed by atoms with Gasteiger partial charge in [-0.1, -0.05) is 18.2 Å². The predicted octanol–water partition coefficient (Wildman–Crippen LogP) is 1.98. The number of benzene rings is 2. The molecule has 4 amide bonds. The summed E-state index contributed by atoms with van der Waals surface area (Å²) in [5.41, 5.74) is 1.88. The lowest BCUT2D eigenvalue weighted by Crippen LogP contribution is -2.34. The van der Waals surface area contributed by atoms with Gasteiger partial charge in [0, 0.05) is 19.5 Å². The summed E-state index contributed by atoms with van der Waals surface area (Å²) in [6, 6.07) is 11.9. The van der Waals surface area contributed by atoms with Crippen LogP contribution in [0.25, 0.3) is 0 Å². The Morgan fingerprint density at radius 2 is 1.88 bits per heavy atom. The van der Waals surface area contributed by atoms with Gasteiger partial charge in [-0.05, 0) is 48.2 Å². The Bertz CT molecular complexity index is 1010. The van der Waals surface area contributed by atoms with Crippen molar-refractivity contribution in [3.8, 4) is 17.2 Å². The van der Waals surface area contributed by atoms with Crippen LogP contribution in [-0.4, -0.2) is 49.2 Å². The molecule has 0 spiro atoms. The molecule has 2 aromatic carbocycles. The van der Waals surface area contributed by atoms with E-state index in [2.05, 4.69) is 10.6 Å². The molecule has 9 heteroatoms. The fourth-order valence-corrected chi connectivity index (χ4v) is 3.63. The molecule has 2 aliphatic heterocycles. The fraction of sp³-hybridized carbons (Fsp3) is 0.348. The molecule has 0 bridgehead atoms. The van der Waals surface area contributed by atoms with Crippen molar-refractivity contribution >= 4 is 17.8 Å². The van der Waals surface area contributed by atoms with Gasteiger partial charge in [-0.2, -0.15) is 0 Å². The lowest BCUT2D eigenvalue weighted by Gasteiger charge is -2.13. The molecule has 2 aromatic rings. The largest absolute Gasteiger partial charge is 0.497 e. The van der Waals surface area contributed by atoms with Crippen LogP contribution in [0.15, 0.2) is 42.5 Å². The number of amides is 4. The summed E-state index contributed by atoms with van der Waals surface area (Å²) in [7, 11) is 1.60. The smallest absolute Gasteiger partial charge is 0.324 e. The number of methoxy groups -OCH3 is 1. The molecular weight excluding hydrogens is 414 g/mol. The zero-order valence-corrected chi connectivity index (χ0v) is 17.8. The maximum atomic E-state index is 12.6. The molecule has 1 fully saturated rings. The first-order valence-corrected chi connectivity index (χ1v) is 10.4. The molecule has 2 N–H and O–H groups in total. The summed E-state index contributed by atoms with van der Waals surface area (Å²) in [6.07, 6.45) is 0.927. The van der Waals surface area contributed by atoms with Crippen molar-refractivity contribution in [3.05, 3.63) is 53.6 Å². The SMILES string of the molecule is COc1ccc(CCN2C(=O)NC(CCC(=O)NCc3ccc4c(c3)OCO4)C2=O)cc1. The second-order valence-corrected chi connectivity index (χ2v) is 7.59. The molecule has 0 aliphatic carbocycles. The third kappa shape index (κ3) is 4.93. The average Bonchev–Trinajstić information content (AvgIpc) is 3.38. The normalized spacial score (nSPS) is 16.8. The van der Waals surface area contributed by atoms with E-state index in [4.69, 9.17) is 14.2 Å². The summed E-state index contributed by atoms with van der Waals surface area (Å²) in [6.45, 7) is 0.821. The van der Waals surface area contributed by atoms with Crippen LogP contribution in [0.3, 0.4) is 0 Å². The molecule has 0 saturated carbocycles. The van der Waals surface area contributed by atoms with E-state index in [-0.39, 0.29) is 38.0 Å². The van der Waals surface area contributed by atoms with Gasteiger partial charge in [0.25, 0.3) is 5.91 Å². The minimum absolute atomic E-state index is 0.132. The second kappa shape index (κ2) is 9.59. The van der Waals surface area contributed by atoms with Crippen molar-refractivity contribution in [1.82, 2.24) is 15.5 Å². The highest BCUT2D eigenvalue weighted by atomic mass is 16.7. The molecule has 2 aliphatic rings. The van der Waals surface area contributed by atoms with Crippen molar-refractivity contribution in [1.29, 1.82) is 0 Å². The van der Waals surface area contributed by atoms with Gasteiger partial charge in [-0.3, -0.25) is 14.5 Å². The maximum absolute atomic E-state index is 12.6. The maximum Gasteiger partial charge on any atom is 0.324 e. The minimum atomic E-state index is -0.685. The first kappa shape index (κ1) is 21.5. The summed E-state index contributed by atoms with van der Waals surface area (Å²) in [5, 5.41) is 5.50. The Labute approximate surface area is 185 Å². The first-order chi connectivity index (χ1) is 15.5. The quantitative estimate of drug-likeness (QED) is 0.579. The van der Waals surface area contributed by atoms with Crippen LogP contribution in [0.1, 0.15) is 24.0 Å². The molecule has 9 nitrogen and oxygen atoms in total. The summed E-state index contributed by atoms with van der Waals surface area (Å²) < 4.78 is 15.7. The van der Waals surface area contributed by atoms with Gasteiger partial charge >= 0.3 is 6.03 Å². The molecule has 1 unspecified atom stereocenters. The van der Waals surface area contributed by atoms with E-state index < -0.39 is 12.1 Å². The summed E-state index contributed by atoms with van der Waals surface area (Å²) >= 11 is 0. The van der Waals surface area contributed by atoms with Gasteiger partial charge in [-0.25, -0.2) is 4.79 Å². The number of ether oxygens (including phenoxy) is 3. The third-order valence-electron chi connectivity index (χ3n) is 5.48. The van der Waals surface area contributed by atoms with E-state index in [9.17, 15) is 14.4 Å². The van der Waals surface area contributed by atoms with Crippen molar-refractivity contribution in [3.63, 3.8) is 0 Å². The van der Waals surface area contributed by atoms with E-state index in [0.717, 1.165) is 16.9 Å². The van der Waals surface area contributed by atoms with Crippen LogP contribution in [0.5, 0.6) is 17.2 Å². The third-order valence-corrected chi connectivity index (χ3v) is 5.48. The number of hydrogen-bond acceptors (Lipinski definition) is 6. The molecule has 32 heavy (non-hydrogen) atoms. The van der Waals surface area contributed by atoms with Gasteiger partial charge in [0.05, 0.1) is 7.11 Å². The molecular formula is C23H25N3O6. The molecule has 0 aromatic heterocycles. The van der Waals surface area contributed by atoms with Crippen LogP contribution in [0, 0.1) is 0 Å². The Kier molecular flexibility index (Phi) is 6.44. The molecule has 2 heterocycles. The van der Waals surface area contributed by atoms with Crippen LogP contribution in [0.4, 0.5) is 4.79 Å². The van der Waals surface area contributed by atoms with Gasteiger partial charge in [-0.15, -0.1) is 0 Å². The topological polar surface area (TPSA) is 106 Å². The lowest BCUT2D eigenvalue weighted by molar-refractivity contribution is -0.127. The standard InChI is InChI=1S/C23H25N3O6/c1-30-17-5-2-15(3-6-17)10-11-26-22(28)18(25-23(26)29)7-9-21(27)24-13-16-4-8-19-20(12-16)32-14-31-19/h2-6,8,12,18H,7,9-11,13-14H2,1H3,(H,24,27)(H,25,29). The van der Waals surface area contributed by atoms with Crippen molar-refractivity contribution in [2.75, 3.05) is 20.4 Å². The van der Waals surface area contributed by atoms with E-state index in [0.29, 0.717) is 24.5 Å². The van der Waals surface area contributed by atoms with E-state index in [1.807, 2.05) is 36.4 Å². The molecule has 1 saturated heterocycles. The minimum Gasteiger partial charge on any atom is -0.497 e. The highest BCUT2D eigenvalue weighted by molar-refractivity contribution is 6.04. The number of carbonyl (C=O) groups excluding carboxylic acids is 3. The number of fused-ring (bicyclic) bond motifs is 1. The summed E-state index contributed by atoms with van der Waals surface area (Å²) in [5.74, 6) is 1.60. The van der Waals surface area contributed by atoms with Gasteiger partial charge in [0.1, 0.15) is 11.8 Å². The van der Waals surface area contributed by atoms with Crippen molar-refractivity contribution in [2.45, 2.75) is 31.8 Å². The van der Waals surface area contributed by atoms with Gasteiger partial charge < -0.3 is 24.8 Å². The number of nitrogens with zero attached hydrogens (tertiary/aromatic N) is 1. The highest BCUT2D eigenvalue weighted by Gasteiger charge is 2.37. The van der Waals surface area contributed by atoms with Crippen LogP contribution in [-0.2, 0) is 22.6 Å². The molecule has 0 radical (unpaired) electrons.